The number of thioether (sulfide) groups is 1. The Morgan fingerprint density at radius 3 is 2.71 bits per heavy atom. The lowest BCUT2D eigenvalue weighted by Gasteiger charge is -2.29. The van der Waals surface area contributed by atoms with Crippen LogP contribution in [0.15, 0.2) is 0 Å². The second-order valence-electron chi connectivity index (χ2n) is 6.22. The van der Waals surface area contributed by atoms with E-state index < -0.39 is 12.0 Å². The zero-order chi connectivity index (χ0) is 15.4. The highest BCUT2D eigenvalue weighted by atomic mass is 32.2. The van der Waals surface area contributed by atoms with Crippen molar-refractivity contribution in [3.63, 3.8) is 0 Å². The van der Waals surface area contributed by atoms with Crippen molar-refractivity contribution < 1.29 is 14.7 Å². The molecule has 1 saturated carbocycles. The first-order chi connectivity index (χ1) is 10.0. The minimum Gasteiger partial charge on any atom is -0.480 e. The zero-order valence-electron chi connectivity index (χ0n) is 12.9. The molecule has 2 fully saturated rings. The van der Waals surface area contributed by atoms with Crippen LogP contribution < -0.4 is 5.32 Å². The van der Waals surface area contributed by atoms with E-state index in [1.54, 1.807) is 16.7 Å². The van der Waals surface area contributed by atoms with Gasteiger partial charge in [0.15, 0.2) is 0 Å². The molecule has 0 radical (unpaired) electrons. The molecule has 120 valence electrons. The van der Waals surface area contributed by atoms with Crippen LogP contribution in [0.1, 0.15) is 52.4 Å². The Balaban J connectivity index is 1.98. The molecule has 2 N–H and O–H groups in total. The van der Waals surface area contributed by atoms with Crippen LogP contribution in [0.3, 0.4) is 0 Å². The van der Waals surface area contributed by atoms with Crippen LogP contribution in [-0.4, -0.2) is 45.2 Å². The molecule has 5 nitrogen and oxygen atoms in total. The van der Waals surface area contributed by atoms with Crippen molar-refractivity contribution in [2.45, 2.75) is 69.8 Å². The first kappa shape index (κ1) is 16.5. The zero-order valence-corrected chi connectivity index (χ0v) is 13.7. The summed E-state index contributed by atoms with van der Waals surface area (Å²) in [6.45, 7) is 4.25. The SMILES string of the molecule is CCC1SCC(C(=O)O)N1C(=O)NC1CCCC(C)CC1. The molecular weight excluding hydrogens is 288 g/mol. The monoisotopic (exact) mass is 314 g/mol. The molecule has 2 amide bonds. The first-order valence-electron chi connectivity index (χ1n) is 7.96. The van der Waals surface area contributed by atoms with E-state index in [0.29, 0.717) is 5.75 Å². The Morgan fingerprint density at radius 2 is 2.05 bits per heavy atom. The predicted octanol–water partition coefficient (Wildman–Crippen LogP) is 2.90. The summed E-state index contributed by atoms with van der Waals surface area (Å²) < 4.78 is 0. The van der Waals surface area contributed by atoms with E-state index in [2.05, 4.69) is 12.2 Å². The number of rotatable bonds is 3. The van der Waals surface area contributed by atoms with Crippen LogP contribution in [0.4, 0.5) is 4.79 Å². The molecule has 0 spiro atoms. The number of amides is 2. The topological polar surface area (TPSA) is 69.6 Å². The number of carbonyl (C=O) groups is 2. The van der Waals surface area contributed by atoms with E-state index in [1.807, 2.05) is 6.92 Å². The third-order valence-electron chi connectivity index (χ3n) is 4.55. The van der Waals surface area contributed by atoms with Crippen LogP contribution in [0.5, 0.6) is 0 Å². The molecule has 2 rings (SSSR count). The molecule has 4 atom stereocenters. The molecule has 0 aromatic heterocycles. The smallest absolute Gasteiger partial charge is 0.327 e. The number of aliphatic carboxylic acids is 1. The van der Waals surface area contributed by atoms with Gasteiger partial charge in [-0.25, -0.2) is 9.59 Å². The maximum Gasteiger partial charge on any atom is 0.327 e. The van der Waals surface area contributed by atoms with Gasteiger partial charge in [-0.1, -0.05) is 26.7 Å². The number of carbonyl (C=O) groups excluding carboxylic acids is 1. The van der Waals surface area contributed by atoms with Crippen molar-refractivity contribution in [3.05, 3.63) is 0 Å². The van der Waals surface area contributed by atoms with Gasteiger partial charge in [-0.05, 0) is 31.6 Å². The Kier molecular flexibility index (Phi) is 5.79. The highest BCUT2D eigenvalue weighted by Gasteiger charge is 2.41. The van der Waals surface area contributed by atoms with E-state index in [1.165, 1.54) is 6.42 Å². The average molecular weight is 314 g/mol. The Morgan fingerprint density at radius 1 is 1.29 bits per heavy atom. The van der Waals surface area contributed by atoms with Crippen molar-refractivity contribution in [1.29, 1.82) is 0 Å². The quantitative estimate of drug-likeness (QED) is 0.786. The standard InChI is InChI=1S/C15H26N2O3S/c1-3-13-17(12(9-21-13)14(18)19)15(20)16-11-6-4-5-10(2)7-8-11/h10-13H,3-9H2,1-2H3,(H,16,20)(H,18,19). The van der Waals surface area contributed by atoms with E-state index in [-0.39, 0.29) is 17.4 Å². The van der Waals surface area contributed by atoms with Crippen molar-refractivity contribution >= 4 is 23.8 Å². The van der Waals surface area contributed by atoms with Crippen molar-refractivity contribution in [3.8, 4) is 0 Å². The normalized spacial score (nSPS) is 33.5. The summed E-state index contributed by atoms with van der Waals surface area (Å²) >= 11 is 1.57. The molecule has 0 aromatic rings. The van der Waals surface area contributed by atoms with Crippen LogP contribution >= 0.6 is 11.8 Å². The molecule has 2 aliphatic rings. The fraction of sp³-hybridized carbons (Fsp3) is 0.867. The lowest BCUT2D eigenvalue weighted by Crippen LogP contribution is -2.52. The van der Waals surface area contributed by atoms with E-state index in [9.17, 15) is 14.7 Å². The number of hydrogen-bond donors (Lipinski definition) is 2. The molecule has 0 bridgehead atoms. The minimum absolute atomic E-state index is 0.0178. The summed E-state index contributed by atoms with van der Waals surface area (Å²) in [7, 11) is 0. The third kappa shape index (κ3) is 4.05. The Bertz CT molecular complexity index is 391. The highest BCUT2D eigenvalue weighted by Crippen LogP contribution is 2.31. The maximum absolute atomic E-state index is 12.5. The molecule has 1 aliphatic carbocycles. The van der Waals surface area contributed by atoms with Gasteiger partial charge in [-0.2, -0.15) is 0 Å². The van der Waals surface area contributed by atoms with Crippen molar-refractivity contribution in [2.24, 2.45) is 5.92 Å². The minimum atomic E-state index is -0.900. The average Bonchev–Trinajstić information content (AvgIpc) is 2.78. The molecule has 0 aromatic carbocycles. The molecule has 21 heavy (non-hydrogen) atoms. The van der Waals surface area contributed by atoms with Gasteiger partial charge in [0.2, 0.25) is 0 Å². The van der Waals surface area contributed by atoms with E-state index in [0.717, 1.165) is 38.0 Å². The molecule has 1 saturated heterocycles. The predicted molar refractivity (Wildman–Crippen MR) is 84.4 cm³/mol. The van der Waals surface area contributed by atoms with Crippen molar-refractivity contribution in [1.82, 2.24) is 10.2 Å². The van der Waals surface area contributed by atoms with E-state index in [4.69, 9.17) is 0 Å². The number of nitrogens with one attached hydrogen (secondary N) is 1. The molecule has 1 heterocycles. The van der Waals surface area contributed by atoms with Crippen LogP contribution in [0.2, 0.25) is 0 Å². The van der Waals surface area contributed by atoms with Gasteiger partial charge in [-0.3, -0.25) is 4.90 Å². The second-order valence-corrected chi connectivity index (χ2v) is 7.43. The summed E-state index contributed by atoms with van der Waals surface area (Å²) in [4.78, 5) is 25.4. The summed E-state index contributed by atoms with van der Waals surface area (Å²) in [5.74, 6) is 0.315. The largest absolute Gasteiger partial charge is 0.480 e. The second kappa shape index (κ2) is 7.38. The summed E-state index contributed by atoms with van der Waals surface area (Å²) in [5.41, 5.74) is 0. The molecular formula is C15H26N2O3S. The van der Waals surface area contributed by atoms with Gasteiger partial charge in [0.05, 0.1) is 5.37 Å². The van der Waals surface area contributed by atoms with Crippen LogP contribution in [-0.2, 0) is 4.79 Å². The molecule has 6 heteroatoms. The summed E-state index contributed by atoms with van der Waals surface area (Å²) in [6, 6.07) is -0.691. The number of hydrogen-bond acceptors (Lipinski definition) is 3. The molecule has 1 aliphatic heterocycles. The lowest BCUT2D eigenvalue weighted by atomic mass is 10.0. The van der Waals surface area contributed by atoms with Gasteiger partial charge in [-0.15, -0.1) is 11.8 Å². The fourth-order valence-electron chi connectivity index (χ4n) is 3.22. The van der Waals surface area contributed by atoms with Gasteiger partial charge in [0, 0.05) is 11.8 Å². The van der Waals surface area contributed by atoms with Gasteiger partial charge >= 0.3 is 12.0 Å². The number of urea groups is 1. The maximum atomic E-state index is 12.5. The third-order valence-corrected chi connectivity index (χ3v) is 6.00. The number of carboxylic acid groups (broad SMARTS) is 1. The van der Waals surface area contributed by atoms with Crippen LogP contribution in [0, 0.1) is 5.92 Å². The Labute approximate surface area is 130 Å². The number of nitrogens with zero attached hydrogens (tertiary/aromatic N) is 1. The van der Waals surface area contributed by atoms with Crippen LogP contribution in [0.25, 0.3) is 0 Å². The Hall–Kier alpha value is -0.910. The van der Waals surface area contributed by atoms with Crippen molar-refractivity contribution in [2.75, 3.05) is 5.75 Å². The highest BCUT2D eigenvalue weighted by molar-refractivity contribution is 8.00. The molecule has 4 unspecified atom stereocenters. The number of carboxylic acids is 1. The van der Waals surface area contributed by atoms with Gasteiger partial charge in [0.1, 0.15) is 6.04 Å². The summed E-state index contributed by atoms with van der Waals surface area (Å²) in [6.07, 6.45) is 6.29. The fourth-order valence-corrected chi connectivity index (χ4v) is 4.57. The van der Waals surface area contributed by atoms with Gasteiger partial charge in [0.25, 0.3) is 0 Å². The lowest BCUT2D eigenvalue weighted by molar-refractivity contribution is -0.141. The van der Waals surface area contributed by atoms with Gasteiger partial charge < -0.3 is 10.4 Å². The summed E-state index contributed by atoms with van der Waals surface area (Å²) in [5, 5.41) is 12.4. The van der Waals surface area contributed by atoms with E-state index >= 15 is 0 Å². The first-order valence-corrected chi connectivity index (χ1v) is 9.01.